The molecule has 0 spiro atoms. The van der Waals surface area contributed by atoms with E-state index in [1.54, 1.807) is 30.3 Å². The quantitative estimate of drug-likeness (QED) is 0.0125. The molecule has 0 bridgehead atoms. The molecule has 0 aliphatic carbocycles. The smallest absolute Gasteiger partial charge is 0.343 e. The van der Waals surface area contributed by atoms with E-state index in [4.69, 9.17) is 18.9 Å². The molecule has 2 atom stereocenters. The molecule has 448 valence electrons. The molecule has 0 saturated heterocycles. The lowest BCUT2D eigenvalue weighted by Gasteiger charge is -2.11. The Bertz CT molecular complexity index is 2660. The van der Waals surface area contributed by atoms with Crippen molar-refractivity contribution in [1.29, 1.82) is 0 Å². The highest BCUT2D eigenvalue weighted by molar-refractivity contribution is 5.93. The van der Waals surface area contributed by atoms with E-state index in [1.807, 2.05) is 104 Å². The van der Waals surface area contributed by atoms with Crippen molar-refractivity contribution in [2.75, 3.05) is 19.8 Å². The highest BCUT2D eigenvalue weighted by Crippen LogP contribution is 2.23. The molecule has 9 nitrogen and oxygen atoms in total. The third-order valence-corrected chi connectivity index (χ3v) is 14.7. The Morgan fingerprint density at radius 3 is 1.53 bits per heavy atom. The number of ketones is 1. The molecule has 0 fully saturated rings. The van der Waals surface area contributed by atoms with Crippen molar-refractivity contribution in [2.45, 2.75) is 197 Å². The van der Waals surface area contributed by atoms with Gasteiger partial charge in [-0.2, -0.15) is 0 Å². The number of hydrogen-bond donors (Lipinski definition) is 0. The molecule has 0 radical (unpaired) electrons. The Morgan fingerprint density at radius 1 is 0.518 bits per heavy atom. The van der Waals surface area contributed by atoms with Gasteiger partial charge in [0.1, 0.15) is 23.0 Å². The number of unbranched alkanes of at least 4 members (excludes halogenated alkanes) is 14. The fraction of sp³-hybridized carbons (Fsp3) is 0.473. The molecule has 5 aromatic carbocycles. The average molecular weight is 1130 g/mol. The summed E-state index contributed by atoms with van der Waals surface area (Å²) in [5.74, 6) is 4.88. The maximum Gasteiger partial charge on any atom is 0.343 e. The molecule has 83 heavy (non-hydrogen) atoms. The third-order valence-electron chi connectivity index (χ3n) is 14.7. The van der Waals surface area contributed by atoms with Crippen LogP contribution in [-0.2, 0) is 11.2 Å². The van der Waals surface area contributed by atoms with Gasteiger partial charge >= 0.3 is 5.97 Å². The molecule has 2 unspecified atom stereocenters. The van der Waals surface area contributed by atoms with Crippen molar-refractivity contribution in [3.63, 3.8) is 0 Å². The number of hydrogen-bond acceptors (Lipinski definition) is 9. The number of aliphatic imine (C=N–C) groups is 1. The number of carbonyl (C=O) groups is 2. The fourth-order valence-electron chi connectivity index (χ4n) is 8.64. The van der Waals surface area contributed by atoms with Crippen LogP contribution >= 0.6 is 0 Å². The van der Waals surface area contributed by atoms with Crippen molar-refractivity contribution in [3.8, 4) is 34.4 Å². The number of nitrogens with zero attached hydrogens (tertiary/aromatic N) is 3. The van der Waals surface area contributed by atoms with Gasteiger partial charge in [0.25, 0.3) is 0 Å². The highest BCUT2D eigenvalue weighted by Gasteiger charge is 2.10. The predicted octanol–water partition coefficient (Wildman–Crippen LogP) is 20.6. The second-order valence-electron chi connectivity index (χ2n) is 22.1. The fourth-order valence-corrected chi connectivity index (χ4v) is 8.64. The molecule has 1 heterocycles. The summed E-state index contributed by atoms with van der Waals surface area (Å²) in [5.41, 5.74) is 7.01. The maximum absolute atomic E-state index is 12.4. The van der Waals surface area contributed by atoms with E-state index in [9.17, 15) is 9.59 Å². The second-order valence-corrected chi connectivity index (χ2v) is 22.1. The second kappa shape index (κ2) is 42.9. The molecular formula is C74H101N3O6. The van der Waals surface area contributed by atoms with Gasteiger partial charge in [0.15, 0.2) is 11.6 Å². The molecule has 0 aliphatic heterocycles. The van der Waals surface area contributed by atoms with E-state index in [2.05, 4.69) is 87.7 Å². The lowest BCUT2D eigenvalue weighted by molar-refractivity contribution is -0.114. The lowest BCUT2D eigenvalue weighted by atomic mass is 10.0. The van der Waals surface area contributed by atoms with Crippen LogP contribution < -0.4 is 18.9 Å². The topological polar surface area (TPSA) is 109 Å². The SMILES string of the molecule is CCC(C)CCCc1cnc(-c2ccc(C)cc2)nc1.CCCCCCCCCCOc1ccc(C(=O)Oc2ccc(OCC(C)CC)cc2)cc1.CCCCCCCCCCOc1ccc(C=Nc2ccc(/C=C/C(=O)CC)cc2)cc1. The number of allylic oxidation sites excluding steroid dienone is 1. The molecule has 6 aromatic rings. The summed E-state index contributed by atoms with van der Waals surface area (Å²) in [5, 5.41) is 0. The summed E-state index contributed by atoms with van der Waals surface area (Å²) in [4.78, 5) is 37.2. The van der Waals surface area contributed by atoms with Gasteiger partial charge < -0.3 is 18.9 Å². The first-order chi connectivity index (χ1) is 40.5. The number of rotatable bonds is 37. The largest absolute Gasteiger partial charge is 0.494 e. The van der Waals surface area contributed by atoms with Crippen LogP contribution in [0.2, 0.25) is 0 Å². The van der Waals surface area contributed by atoms with Gasteiger partial charge in [0, 0.05) is 30.6 Å². The zero-order chi connectivity index (χ0) is 59.5. The van der Waals surface area contributed by atoms with Gasteiger partial charge in [0.2, 0.25) is 0 Å². The van der Waals surface area contributed by atoms with Crippen LogP contribution in [0.1, 0.15) is 216 Å². The normalized spacial score (nSPS) is 11.8. The number of aromatic nitrogens is 2. The minimum Gasteiger partial charge on any atom is -0.494 e. The number of aryl methyl sites for hydroxylation is 2. The van der Waals surface area contributed by atoms with Crippen LogP contribution in [0.25, 0.3) is 17.5 Å². The minimum absolute atomic E-state index is 0.132. The van der Waals surface area contributed by atoms with Crippen molar-refractivity contribution in [3.05, 3.63) is 168 Å². The molecule has 9 heteroatoms. The van der Waals surface area contributed by atoms with Crippen molar-refractivity contribution in [2.24, 2.45) is 16.8 Å². The molecule has 0 N–H and O–H groups in total. The average Bonchev–Trinajstić information content (AvgIpc) is 3.54. The highest BCUT2D eigenvalue weighted by atomic mass is 16.5. The molecule has 1 aromatic heterocycles. The van der Waals surface area contributed by atoms with Crippen molar-refractivity contribution >= 4 is 29.7 Å². The molecular weight excluding hydrogens is 1030 g/mol. The van der Waals surface area contributed by atoms with Crippen LogP contribution in [0.15, 0.2) is 145 Å². The lowest BCUT2D eigenvalue weighted by Crippen LogP contribution is -2.09. The first-order valence-corrected chi connectivity index (χ1v) is 31.7. The Balaban J connectivity index is 0.000000274. The Labute approximate surface area is 501 Å². The molecule has 0 saturated carbocycles. The van der Waals surface area contributed by atoms with E-state index in [0.29, 0.717) is 36.9 Å². The van der Waals surface area contributed by atoms with Gasteiger partial charge in [-0.05, 0) is 152 Å². The summed E-state index contributed by atoms with van der Waals surface area (Å²) in [7, 11) is 0. The van der Waals surface area contributed by atoms with Gasteiger partial charge in [0.05, 0.1) is 31.1 Å². The van der Waals surface area contributed by atoms with Crippen molar-refractivity contribution in [1.82, 2.24) is 9.97 Å². The first-order valence-electron chi connectivity index (χ1n) is 31.7. The van der Waals surface area contributed by atoms with Crippen LogP contribution in [0, 0.1) is 18.8 Å². The first kappa shape index (κ1) is 68.6. The molecule has 6 rings (SSSR count). The zero-order valence-corrected chi connectivity index (χ0v) is 52.1. The minimum atomic E-state index is -0.382. The van der Waals surface area contributed by atoms with Crippen LogP contribution in [-0.4, -0.2) is 47.8 Å². The summed E-state index contributed by atoms with van der Waals surface area (Å²) in [6.45, 7) is 19.5. The summed E-state index contributed by atoms with van der Waals surface area (Å²) < 4.78 is 22.9. The molecule has 0 amide bonds. The monoisotopic (exact) mass is 1130 g/mol. The van der Waals surface area contributed by atoms with E-state index >= 15 is 0 Å². The van der Waals surface area contributed by atoms with Crippen LogP contribution in [0.4, 0.5) is 5.69 Å². The standard InChI is InChI=1S/C28H37NO2.C28H40O4.C18H24N2/c1-3-5-6-7-8-9-10-11-22-31-28-20-15-25(16-21-28)23-29-26-17-12-24(13-18-26)14-19-27(30)4-2;1-4-6-7-8-9-10-11-12-21-30-25-15-13-24(14-16-25)28(29)32-27-19-17-26(18-20-27)31-22-23(3)5-2;1-4-14(2)6-5-7-16-12-19-18(20-13-16)17-10-8-15(3)9-11-17/h12-21,23H,3-11,22H2,1-2H3;13-20,23H,4-12,21-22H2,1-3H3;8-14H,4-7H2,1-3H3/b19-14+,29-23?;;. The van der Waals surface area contributed by atoms with E-state index in [-0.39, 0.29) is 11.8 Å². The van der Waals surface area contributed by atoms with E-state index in [0.717, 1.165) is 83.7 Å². The summed E-state index contributed by atoms with van der Waals surface area (Å²) in [6, 6.07) is 38.6. The van der Waals surface area contributed by atoms with Crippen LogP contribution in [0.3, 0.4) is 0 Å². The number of esters is 1. The number of benzene rings is 5. The van der Waals surface area contributed by atoms with Gasteiger partial charge in [-0.25, -0.2) is 14.8 Å². The zero-order valence-electron chi connectivity index (χ0n) is 52.1. The van der Waals surface area contributed by atoms with Gasteiger partial charge in [-0.15, -0.1) is 0 Å². The summed E-state index contributed by atoms with van der Waals surface area (Å²) >= 11 is 0. The maximum atomic E-state index is 12.4. The Morgan fingerprint density at radius 2 is 1.00 bits per heavy atom. The third kappa shape index (κ3) is 30.8. The predicted molar refractivity (Wildman–Crippen MR) is 348 cm³/mol. The summed E-state index contributed by atoms with van der Waals surface area (Å²) in [6.07, 6.45) is 36.4. The van der Waals surface area contributed by atoms with E-state index in [1.165, 1.54) is 120 Å². The number of ether oxygens (including phenoxy) is 4. The number of carbonyl (C=O) groups excluding carboxylic acids is 2. The Kier molecular flexibility index (Phi) is 35.5. The molecule has 0 aliphatic rings. The van der Waals surface area contributed by atoms with E-state index < -0.39 is 0 Å². The van der Waals surface area contributed by atoms with Gasteiger partial charge in [-0.1, -0.05) is 206 Å². The van der Waals surface area contributed by atoms with Crippen LogP contribution in [0.5, 0.6) is 23.0 Å². The van der Waals surface area contributed by atoms with Gasteiger partial charge in [-0.3, -0.25) is 9.79 Å². The van der Waals surface area contributed by atoms with Crippen molar-refractivity contribution < 1.29 is 28.5 Å². The Hall–Kier alpha value is -6.87.